The van der Waals surface area contributed by atoms with E-state index < -0.39 is 7.60 Å². The molecule has 0 saturated carbocycles. The van der Waals surface area contributed by atoms with Crippen molar-refractivity contribution in [3.8, 4) is 0 Å². The van der Waals surface area contributed by atoms with Gasteiger partial charge in [-0.05, 0) is 24.5 Å². The zero-order chi connectivity index (χ0) is 12.6. The van der Waals surface area contributed by atoms with E-state index in [2.05, 4.69) is 0 Å². The molecule has 0 aliphatic carbocycles. The normalized spacial score (nSPS) is 12.2. The Morgan fingerprint density at radius 1 is 1.24 bits per heavy atom. The smallest absolute Gasteiger partial charge is 0.321 e. The summed E-state index contributed by atoms with van der Waals surface area (Å²) in [6.45, 7) is 3.93. The van der Waals surface area contributed by atoms with Gasteiger partial charge in [0, 0.05) is 15.0 Å². The monoisotopic (exact) mass is 270 g/mol. The van der Waals surface area contributed by atoms with E-state index in [9.17, 15) is 14.4 Å². The summed E-state index contributed by atoms with van der Waals surface area (Å²) in [5.41, 5.74) is 1.01. The van der Waals surface area contributed by atoms with E-state index in [1.165, 1.54) is 11.3 Å². The maximum absolute atomic E-state index is 11.7. The fourth-order valence-corrected chi connectivity index (χ4v) is 4.79. The van der Waals surface area contributed by atoms with Gasteiger partial charge in [0.2, 0.25) is 0 Å². The van der Waals surface area contributed by atoms with Gasteiger partial charge in [-0.15, -0.1) is 11.3 Å². The van der Waals surface area contributed by atoms with E-state index in [4.69, 9.17) is 0 Å². The van der Waals surface area contributed by atoms with Crippen LogP contribution in [0.25, 0.3) is 10.1 Å². The van der Waals surface area contributed by atoms with Crippen LogP contribution in [0, 0.1) is 0 Å². The summed E-state index contributed by atoms with van der Waals surface area (Å²) in [5, 5.41) is 1.02. The molecule has 0 unspecified atom stereocenters. The molecule has 1 aromatic heterocycles. The standard InChI is InChI=1S/C12H15O3PS/c1-3-8-6-5-7-10-11(8)12(16(13,14)15)9(4-2)17-10/h5-7H,3-4H2,1-2H3,(H2,13,14,15). The highest BCUT2D eigenvalue weighted by molar-refractivity contribution is 7.61. The summed E-state index contributed by atoms with van der Waals surface area (Å²) >= 11 is 1.49. The number of rotatable bonds is 3. The lowest BCUT2D eigenvalue weighted by Crippen LogP contribution is -2.08. The van der Waals surface area contributed by atoms with Crippen LogP contribution in [0.2, 0.25) is 0 Å². The average molecular weight is 270 g/mol. The second kappa shape index (κ2) is 4.54. The molecule has 0 aliphatic heterocycles. The third kappa shape index (κ3) is 2.18. The van der Waals surface area contributed by atoms with Crippen molar-refractivity contribution in [3.63, 3.8) is 0 Å². The van der Waals surface area contributed by atoms with Crippen LogP contribution < -0.4 is 5.30 Å². The van der Waals surface area contributed by atoms with E-state index in [1.54, 1.807) is 0 Å². The zero-order valence-electron chi connectivity index (χ0n) is 9.80. The summed E-state index contributed by atoms with van der Waals surface area (Å²) in [6, 6.07) is 5.81. The molecule has 2 aromatic rings. The summed E-state index contributed by atoms with van der Waals surface area (Å²) in [5.74, 6) is 0. The molecule has 0 saturated heterocycles. The van der Waals surface area contributed by atoms with E-state index >= 15 is 0 Å². The van der Waals surface area contributed by atoms with Crippen LogP contribution in [-0.4, -0.2) is 9.79 Å². The Bertz CT molecular complexity index is 597. The lowest BCUT2D eigenvalue weighted by atomic mass is 10.1. The first-order chi connectivity index (χ1) is 7.99. The van der Waals surface area contributed by atoms with Gasteiger partial charge in [0.1, 0.15) is 0 Å². The van der Waals surface area contributed by atoms with E-state index in [1.807, 2.05) is 32.0 Å². The molecule has 0 amide bonds. The molecule has 0 bridgehead atoms. The maximum Gasteiger partial charge on any atom is 0.357 e. The van der Waals surface area contributed by atoms with Crippen molar-refractivity contribution in [3.05, 3.63) is 28.6 Å². The molecule has 5 heteroatoms. The van der Waals surface area contributed by atoms with Gasteiger partial charge in [0.25, 0.3) is 0 Å². The van der Waals surface area contributed by atoms with Crippen molar-refractivity contribution >= 4 is 34.3 Å². The van der Waals surface area contributed by atoms with Gasteiger partial charge >= 0.3 is 7.60 Å². The zero-order valence-corrected chi connectivity index (χ0v) is 11.5. The van der Waals surface area contributed by atoms with Crippen LogP contribution in [0.1, 0.15) is 24.3 Å². The summed E-state index contributed by atoms with van der Waals surface area (Å²) < 4.78 is 12.6. The Hall–Kier alpha value is -0.670. The summed E-state index contributed by atoms with van der Waals surface area (Å²) in [6.07, 6.45) is 1.44. The Kier molecular flexibility index (Phi) is 3.41. The molecule has 2 N–H and O–H groups in total. The molecule has 1 aromatic carbocycles. The van der Waals surface area contributed by atoms with Crippen LogP contribution in [0.15, 0.2) is 18.2 Å². The van der Waals surface area contributed by atoms with Crippen molar-refractivity contribution < 1.29 is 14.4 Å². The Labute approximate surface area is 104 Å². The number of benzene rings is 1. The second-order valence-electron chi connectivity index (χ2n) is 3.92. The van der Waals surface area contributed by atoms with Crippen LogP contribution >= 0.6 is 18.9 Å². The average Bonchev–Trinajstić information content (AvgIpc) is 2.66. The van der Waals surface area contributed by atoms with Crippen LogP contribution in [-0.2, 0) is 17.4 Å². The topological polar surface area (TPSA) is 57.5 Å². The largest absolute Gasteiger partial charge is 0.357 e. The molecule has 92 valence electrons. The van der Waals surface area contributed by atoms with Gasteiger partial charge in [-0.25, -0.2) is 0 Å². The Morgan fingerprint density at radius 2 is 1.94 bits per heavy atom. The van der Waals surface area contributed by atoms with E-state index in [0.717, 1.165) is 26.9 Å². The molecule has 0 fully saturated rings. The van der Waals surface area contributed by atoms with Gasteiger partial charge in [-0.2, -0.15) is 0 Å². The number of aryl methyl sites for hydroxylation is 2. The van der Waals surface area contributed by atoms with Crippen molar-refractivity contribution in [2.45, 2.75) is 26.7 Å². The van der Waals surface area contributed by atoms with Gasteiger partial charge < -0.3 is 9.79 Å². The minimum absolute atomic E-state index is 0.248. The molecule has 0 spiro atoms. The lowest BCUT2D eigenvalue weighted by Gasteiger charge is -2.07. The van der Waals surface area contributed by atoms with Crippen LogP contribution in [0.5, 0.6) is 0 Å². The third-order valence-electron chi connectivity index (χ3n) is 2.84. The highest BCUT2D eigenvalue weighted by Gasteiger charge is 2.27. The van der Waals surface area contributed by atoms with E-state index in [0.29, 0.717) is 6.42 Å². The first-order valence-electron chi connectivity index (χ1n) is 5.58. The summed E-state index contributed by atoms with van der Waals surface area (Å²) in [7, 11) is -4.20. The molecule has 0 atom stereocenters. The van der Waals surface area contributed by atoms with Gasteiger partial charge in [0.15, 0.2) is 0 Å². The van der Waals surface area contributed by atoms with Crippen molar-refractivity contribution in [2.24, 2.45) is 0 Å². The van der Waals surface area contributed by atoms with Crippen molar-refractivity contribution in [1.82, 2.24) is 0 Å². The predicted molar refractivity (Wildman–Crippen MR) is 72.3 cm³/mol. The molecule has 3 nitrogen and oxygen atoms in total. The molecule has 2 rings (SSSR count). The molecular formula is C12H15O3PS. The quantitative estimate of drug-likeness (QED) is 0.843. The number of fused-ring (bicyclic) bond motifs is 1. The SMILES string of the molecule is CCc1sc2cccc(CC)c2c1P(=O)(O)O. The Balaban J connectivity index is 2.91. The second-order valence-corrected chi connectivity index (χ2v) is 6.59. The van der Waals surface area contributed by atoms with Gasteiger partial charge in [-0.1, -0.05) is 26.0 Å². The first-order valence-corrected chi connectivity index (χ1v) is 8.01. The summed E-state index contributed by atoms with van der Waals surface area (Å²) in [4.78, 5) is 19.9. The van der Waals surface area contributed by atoms with Crippen molar-refractivity contribution in [1.29, 1.82) is 0 Å². The fourth-order valence-electron chi connectivity index (χ4n) is 2.09. The number of hydrogen-bond acceptors (Lipinski definition) is 2. The first kappa shape index (κ1) is 12.8. The predicted octanol–water partition coefficient (Wildman–Crippen LogP) is 2.83. The molecule has 0 aliphatic rings. The van der Waals surface area contributed by atoms with Crippen LogP contribution in [0.4, 0.5) is 0 Å². The minimum Gasteiger partial charge on any atom is -0.321 e. The number of thiophene rings is 1. The van der Waals surface area contributed by atoms with E-state index in [-0.39, 0.29) is 5.30 Å². The van der Waals surface area contributed by atoms with Gasteiger partial charge in [0.05, 0.1) is 5.30 Å². The van der Waals surface area contributed by atoms with Crippen molar-refractivity contribution in [2.75, 3.05) is 0 Å². The lowest BCUT2D eigenvalue weighted by molar-refractivity contribution is 0.387. The van der Waals surface area contributed by atoms with Crippen LogP contribution in [0.3, 0.4) is 0 Å². The van der Waals surface area contributed by atoms with Gasteiger partial charge in [-0.3, -0.25) is 4.57 Å². The fraction of sp³-hybridized carbons (Fsp3) is 0.333. The molecular weight excluding hydrogens is 255 g/mol. The molecule has 1 heterocycles. The minimum atomic E-state index is -4.20. The maximum atomic E-state index is 11.7. The molecule has 17 heavy (non-hydrogen) atoms. The molecule has 0 radical (unpaired) electrons. The highest BCUT2D eigenvalue weighted by Crippen LogP contribution is 2.42. The highest BCUT2D eigenvalue weighted by atomic mass is 32.1. The third-order valence-corrected chi connectivity index (χ3v) is 5.37. The number of hydrogen-bond donors (Lipinski definition) is 2. The Morgan fingerprint density at radius 3 is 2.47 bits per heavy atom.